The van der Waals surface area contributed by atoms with Crippen LogP contribution in [0.1, 0.15) is 41.6 Å². The third-order valence-corrected chi connectivity index (χ3v) is 5.35. The van der Waals surface area contributed by atoms with Crippen LogP contribution in [0.3, 0.4) is 0 Å². The van der Waals surface area contributed by atoms with Gasteiger partial charge in [-0.1, -0.05) is 36.4 Å². The third kappa shape index (κ3) is 6.91. The van der Waals surface area contributed by atoms with Crippen LogP contribution < -0.4 is 10.1 Å². The van der Waals surface area contributed by atoms with E-state index in [2.05, 4.69) is 11.4 Å². The number of hydrogen-bond acceptors (Lipinski definition) is 4. The van der Waals surface area contributed by atoms with Gasteiger partial charge in [-0.3, -0.25) is 9.59 Å². The van der Waals surface area contributed by atoms with Crippen LogP contribution in [0.15, 0.2) is 72.8 Å². The van der Waals surface area contributed by atoms with Gasteiger partial charge in [0.15, 0.2) is 0 Å². The van der Waals surface area contributed by atoms with Crippen molar-refractivity contribution in [2.24, 2.45) is 0 Å². The normalized spacial score (nSPS) is 11.2. The van der Waals surface area contributed by atoms with Crippen LogP contribution in [0.4, 0.5) is 4.39 Å². The summed E-state index contributed by atoms with van der Waals surface area (Å²) in [6, 6.07) is 21.8. The fourth-order valence-electron chi connectivity index (χ4n) is 3.63. The second kappa shape index (κ2) is 11.6. The van der Waals surface area contributed by atoms with Crippen molar-refractivity contribution in [3.63, 3.8) is 0 Å². The number of nitriles is 1. The number of amides is 2. The molecule has 0 bridgehead atoms. The van der Waals surface area contributed by atoms with Crippen LogP contribution in [-0.4, -0.2) is 23.8 Å². The van der Waals surface area contributed by atoms with Gasteiger partial charge in [0.05, 0.1) is 31.2 Å². The highest BCUT2D eigenvalue weighted by Gasteiger charge is 2.22. The molecule has 0 radical (unpaired) electrons. The van der Waals surface area contributed by atoms with E-state index < -0.39 is 6.04 Å². The van der Waals surface area contributed by atoms with Crippen LogP contribution in [0.25, 0.3) is 0 Å². The molecule has 174 valence electrons. The van der Waals surface area contributed by atoms with Crippen LogP contribution >= 0.6 is 0 Å². The maximum atomic E-state index is 13.8. The van der Waals surface area contributed by atoms with Crippen LogP contribution in [0.2, 0.25) is 0 Å². The lowest BCUT2D eigenvalue weighted by molar-refractivity contribution is -0.133. The average molecular weight is 460 g/mol. The van der Waals surface area contributed by atoms with Crippen molar-refractivity contribution in [2.75, 3.05) is 7.11 Å². The Balaban J connectivity index is 1.85. The maximum absolute atomic E-state index is 13.8. The minimum Gasteiger partial charge on any atom is -0.497 e. The van der Waals surface area contributed by atoms with Gasteiger partial charge in [-0.25, -0.2) is 4.39 Å². The maximum Gasteiger partial charge on any atom is 0.225 e. The van der Waals surface area contributed by atoms with Gasteiger partial charge in [-0.15, -0.1) is 0 Å². The van der Waals surface area contributed by atoms with Crippen molar-refractivity contribution in [2.45, 2.75) is 32.5 Å². The molecule has 0 aliphatic heterocycles. The van der Waals surface area contributed by atoms with Gasteiger partial charge < -0.3 is 15.0 Å². The molecular formula is C27H26FN3O3. The molecule has 3 aromatic rings. The van der Waals surface area contributed by atoms with Crippen LogP contribution in [0.5, 0.6) is 5.75 Å². The highest BCUT2D eigenvalue weighted by molar-refractivity contribution is 5.79. The predicted octanol–water partition coefficient (Wildman–Crippen LogP) is 4.50. The van der Waals surface area contributed by atoms with Crippen molar-refractivity contribution in [1.29, 1.82) is 5.26 Å². The summed E-state index contributed by atoms with van der Waals surface area (Å²) >= 11 is 0. The van der Waals surface area contributed by atoms with Gasteiger partial charge in [0.1, 0.15) is 11.6 Å². The first-order chi connectivity index (χ1) is 16.4. The summed E-state index contributed by atoms with van der Waals surface area (Å²) < 4.78 is 19.0. The summed E-state index contributed by atoms with van der Waals surface area (Å²) in [5.41, 5.74) is 2.79. The number of carbonyl (C=O) groups is 2. The molecule has 0 aliphatic carbocycles. The minimum atomic E-state index is -0.535. The molecule has 1 N–H and O–H groups in total. The Hall–Kier alpha value is -4.18. The number of rotatable bonds is 9. The molecule has 0 aliphatic rings. The molecule has 0 aromatic heterocycles. The van der Waals surface area contributed by atoms with Crippen molar-refractivity contribution < 1.29 is 18.7 Å². The fourth-order valence-corrected chi connectivity index (χ4v) is 3.63. The zero-order valence-electron chi connectivity index (χ0n) is 19.1. The smallest absolute Gasteiger partial charge is 0.225 e. The first-order valence-corrected chi connectivity index (χ1v) is 10.8. The quantitative estimate of drug-likeness (QED) is 0.511. The molecule has 3 rings (SSSR count). The lowest BCUT2D eigenvalue weighted by Gasteiger charge is -2.26. The third-order valence-electron chi connectivity index (χ3n) is 5.35. The monoisotopic (exact) mass is 459 g/mol. The summed E-state index contributed by atoms with van der Waals surface area (Å²) in [6.07, 6.45) is 0.0253. The van der Waals surface area contributed by atoms with Gasteiger partial charge >= 0.3 is 0 Å². The molecule has 1 unspecified atom stereocenters. The molecule has 6 nitrogen and oxygen atoms in total. The molecule has 3 aromatic carbocycles. The highest BCUT2D eigenvalue weighted by Crippen LogP contribution is 2.23. The lowest BCUT2D eigenvalue weighted by Crippen LogP contribution is -2.35. The molecule has 0 saturated carbocycles. The number of ether oxygens (including phenoxy) is 1. The topological polar surface area (TPSA) is 82.4 Å². The number of nitrogens with zero attached hydrogens (tertiary/aromatic N) is 2. The Kier molecular flexibility index (Phi) is 8.36. The second-order valence-corrected chi connectivity index (χ2v) is 7.92. The van der Waals surface area contributed by atoms with Gasteiger partial charge in [0.2, 0.25) is 11.8 Å². The van der Waals surface area contributed by atoms with E-state index in [9.17, 15) is 14.0 Å². The molecular weight excluding hydrogens is 433 g/mol. The number of methoxy groups -OCH3 is 1. The van der Waals surface area contributed by atoms with Crippen molar-refractivity contribution in [3.8, 4) is 11.8 Å². The number of halogens is 1. The van der Waals surface area contributed by atoms with E-state index in [0.717, 1.165) is 11.1 Å². The standard InChI is InChI=1S/C27H26FN3O3/c1-19(32)30-26(23-10-12-25(34-2)13-11-23)15-27(33)31(18-22-4-3-5-24(28)14-22)17-21-8-6-20(16-29)7-9-21/h3-14,26H,15,17-18H2,1-2H3,(H,30,32). The Labute approximate surface area is 198 Å². The van der Waals surface area contributed by atoms with E-state index in [1.54, 1.807) is 60.5 Å². The summed E-state index contributed by atoms with van der Waals surface area (Å²) in [7, 11) is 1.57. The zero-order chi connectivity index (χ0) is 24.5. The number of hydrogen-bond donors (Lipinski definition) is 1. The summed E-state index contributed by atoms with van der Waals surface area (Å²) in [6.45, 7) is 1.88. The van der Waals surface area contributed by atoms with E-state index in [4.69, 9.17) is 10.00 Å². The van der Waals surface area contributed by atoms with Crippen LogP contribution in [0, 0.1) is 17.1 Å². The average Bonchev–Trinajstić information content (AvgIpc) is 2.83. The van der Waals surface area contributed by atoms with Crippen molar-refractivity contribution >= 4 is 11.8 Å². The van der Waals surface area contributed by atoms with E-state index >= 15 is 0 Å². The van der Waals surface area contributed by atoms with Gasteiger partial charge in [0, 0.05) is 20.0 Å². The first-order valence-electron chi connectivity index (χ1n) is 10.8. The van der Waals surface area contributed by atoms with E-state index in [0.29, 0.717) is 16.9 Å². The minimum absolute atomic E-state index is 0.0253. The van der Waals surface area contributed by atoms with Crippen molar-refractivity contribution in [1.82, 2.24) is 10.2 Å². The van der Waals surface area contributed by atoms with E-state index in [-0.39, 0.29) is 37.1 Å². The molecule has 1 atom stereocenters. The Bertz CT molecular complexity index is 1170. The van der Waals surface area contributed by atoms with Gasteiger partial charge in [-0.05, 0) is 53.1 Å². The highest BCUT2D eigenvalue weighted by atomic mass is 19.1. The van der Waals surface area contributed by atoms with Gasteiger partial charge in [0.25, 0.3) is 0 Å². The van der Waals surface area contributed by atoms with Crippen LogP contribution in [-0.2, 0) is 22.7 Å². The Morgan fingerprint density at radius 2 is 1.71 bits per heavy atom. The first kappa shape index (κ1) is 24.5. The molecule has 0 heterocycles. The van der Waals surface area contributed by atoms with E-state index in [1.807, 2.05) is 12.1 Å². The SMILES string of the molecule is COc1ccc(C(CC(=O)N(Cc2ccc(C#N)cc2)Cc2cccc(F)c2)NC(C)=O)cc1. The fraction of sp³-hybridized carbons (Fsp3) is 0.222. The van der Waals surface area contributed by atoms with Crippen molar-refractivity contribution in [3.05, 3.63) is 101 Å². The molecule has 0 saturated heterocycles. The molecule has 7 heteroatoms. The summed E-state index contributed by atoms with van der Waals surface area (Å²) in [5, 5.41) is 11.9. The lowest BCUT2D eigenvalue weighted by atomic mass is 10.0. The molecule has 0 spiro atoms. The zero-order valence-corrected chi connectivity index (χ0v) is 19.1. The Morgan fingerprint density at radius 1 is 1.03 bits per heavy atom. The second-order valence-electron chi connectivity index (χ2n) is 7.92. The number of nitrogens with one attached hydrogen (secondary N) is 1. The predicted molar refractivity (Wildman–Crippen MR) is 126 cm³/mol. The summed E-state index contributed by atoms with van der Waals surface area (Å²) in [5.74, 6) is -0.164. The van der Waals surface area contributed by atoms with E-state index in [1.165, 1.54) is 19.1 Å². The number of carbonyl (C=O) groups excluding carboxylic acids is 2. The van der Waals surface area contributed by atoms with Gasteiger partial charge in [-0.2, -0.15) is 5.26 Å². The Morgan fingerprint density at radius 3 is 2.29 bits per heavy atom. The molecule has 0 fully saturated rings. The number of benzene rings is 3. The largest absolute Gasteiger partial charge is 0.497 e. The summed E-state index contributed by atoms with van der Waals surface area (Å²) in [4.78, 5) is 26.9. The molecule has 2 amide bonds. The molecule has 34 heavy (non-hydrogen) atoms.